The quantitative estimate of drug-likeness (QED) is 0.896. The van der Waals surface area contributed by atoms with Crippen molar-refractivity contribution in [2.45, 2.75) is 4.90 Å². The molecule has 3 rings (SSSR count). The smallest absolute Gasteiger partial charge is 0.246 e. The van der Waals surface area contributed by atoms with Gasteiger partial charge in [-0.25, -0.2) is 12.8 Å². The second-order valence-corrected chi connectivity index (χ2v) is 7.42. The lowest BCUT2D eigenvalue weighted by Gasteiger charge is -2.17. The number of benzene rings is 1. The minimum atomic E-state index is -3.76. The third-order valence-corrected chi connectivity index (χ3v) is 5.97. The maximum Gasteiger partial charge on any atom is 0.246 e. The molecule has 2 atom stereocenters. The van der Waals surface area contributed by atoms with Crippen molar-refractivity contribution in [3.63, 3.8) is 0 Å². The molecule has 1 N–H and O–H groups in total. The minimum absolute atomic E-state index is 0.193. The van der Waals surface area contributed by atoms with E-state index in [0.717, 1.165) is 19.2 Å². The van der Waals surface area contributed by atoms with Gasteiger partial charge >= 0.3 is 0 Å². The van der Waals surface area contributed by atoms with Crippen LogP contribution in [0.5, 0.6) is 0 Å². The molecule has 2 heterocycles. The third kappa shape index (κ3) is 2.27. The van der Waals surface area contributed by atoms with E-state index in [2.05, 4.69) is 5.32 Å². The second kappa shape index (κ2) is 4.70. The Kier molecular flexibility index (Phi) is 3.29. The van der Waals surface area contributed by atoms with E-state index in [4.69, 9.17) is 11.6 Å². The molecule has 2 unspecified atom stereocenters. The molecule has 4 nitrogen and oxygen atoms in total. The van der Waals surface area contributed by atoms with Crippen molar-refractivity contribution in [1.82, 2.24) is 9.62 Å². The second-order valence-electron chi connectivity index (χ2n) is 5.08. The van der Waals surface area contributed by atoms with Crippen LogP contribution < -0.4 is 5.32 Å². The molecule has 2 saturated heterocycles. The summed E-state index contributed by atoms with van der Waals surface area (Å²) in [5, 5.41) is 3.44. The van der Waals surface area contributed by atoms with Crippen LogP contribution in [0.15, 0.2) is 23.1 Å². The first-order valence-electron chi connectivity index (χ1n) is 6.14. The van der Waals surface area contributed by atoms with E-state index in [-0.39, 0.29) is 9.92 Å². The number of nitrogens with zero attached hydrogens (tertiary/aromatic N) is 1. The standard InChI is InChI=1S/C12H14ClFN2O2S/c13-10-1-2-12(11(14)3-10)19(17,18)16-6-8-4-15-5-9(8)7-16/h1-3,8-9,15H,4-7H2. The molecule has 0 radical (unpaired) electrons. The Morgan fingerprint density at radius 1 is 1.26 bits per heavy atom. The Bertz CT molecular complexity index is 596. The highest BCUT2D eigenvalue weighted by Crippen LogP contribution is 2.31. The summed E-state index contributed by atoms with van der Waals surface area (Å²) in [6, 6.07) is 3.67. The summed E-state index contributed by atoms with van der Waals surface area (Å²) in [6.45, 7) is 2.59. The highest BCUT2D eigenvalue weighted by Gasteiger charge is 2.42. The van der Waals surface area contributed by atoms with Crippen LogP contribution >= 0.6 is 11.6 Å². The van der Waals surface area contributed by atoms with E-state index in [0.29, 0.717) is 24.9 Å². The molecule has 2 aliphatic rings. The topological polar surface area (TPSA) is 49.4 Å². The molecule has 7 heteroatoms. The van der Waals surface area contributed by atoms with Gasteiger partial charge in [-0.3, -0.25) is 0 Å². The van der Waals surface area contributed by atoms with Gasteiger partial charge < -0.3 is 5.32 Å². The van der Waals surface area contributed by atoms with Gasteiger partial charge in [-0.1, -0.05) is 11.6 Å². The number of nitrogens with one attached hydrogen (secondary N) is 1. The highest BCUT2D eigenvalue weighted by atomic mass is 35.5. The van der Waals surface area contributed by atoms with Crippen LogP contribution in [-0.4, -0.2) is 38.9 Å². The molecule has 1 aromatic rings. The Balaban J connectivity index is 1.91. The molecule has 0 saturated carbocycles. The third-order valence-electron chi connectivity index (χ3n) is 3.87. The van der Waals surface area contributed by atoms with Gasteiger partial charge in [-0.15, -0.1) is 0 Å². The fraction of sp³-hybridized carbons (Fsp3) is 0.500. The Hall–Kier alpha value is -0.690. The molecule has 0 aliphatic carbocycles. The summed E-state index contributed by atoms with van der Waals surface area (Å²) in [7, 11) is -3.76. The van der Waals surface area contributed by atoms with Gasteiger partial charge in [-0.2, -0.15) is 4.31 Å². The first-order valence-corrected chi connectivity index (χ1v) is 7.96. The maximum absolute atomic E-state index is 13.8. The largest absolute Gasteiger partial charge is 0.316 e. The van der Waals surface area contributed by atoms with Crippen molar-refractivity contribution in [1.29, 1.82) is 0 Å². The van der Waals surface area contributed by atoms with Crippen LogP contribution in [-0.2, 0) is 10.0 Å². The van der Waals surface area contributed by atoms with Gasteiger partial charge in [0.05, 0.1) is 0 Å². The van der Waals surface area contributed by atoms with E-state index in [9.17, 15) is 12.8 Å². The monoisotopic (exact) mass is 304 g/mol. The van der Waals surface area contributed by atoms with Gasteiger partial charge in [0, 0.05) is 18.1 Å². The molecule has 0 spiro atoms. The number of halogens is 2. The summed E-state index contributed by atoms with van der Waals surface area (Å²) in [6.07, 6.45) is 0. The molecule has 2 aliphatic heterocycles. The fourth-order valence-corrected chi connectivity index (χ4v) is 4.59. The first-order chi connectivity index (χ1) is 8.98. The lowest BCUT2D eigenvalue weighted by Crippen LogP contribution is -2.32. The molecule has 1 aromatic carbocycles. The Morgan fingerprint density at radius 3 is 2.47 bits per heavy atom. The average molecular weight is 305 g/mol. The number of hydrogen-bond donors (Lipinski definition) is 1. The highest BCUT2D eigenvalue weighted by molar-refractivity contribution is 7.89. The summed E-state index contributed by atoms with van der Waals surface area (Å²) >= 11 is 5.65. The molecular weight excluding hydrogens is 291 g/mol. The summed E-state index contributed by atoms with van der Waals surface area (Å²) in [5.74, 6) is -0.113. The van der Waals surface area contributed by atoms with E-state index in [1.165, 1.54) is 16.4 Å². The van der Waals surface area contributed by atoms with Crippen LogP contribution in [0.2, 0.25) is 5.02 Å². The lowest BCUT2D eigenvalue weighted by molar-refractivity contribution is 0.443. The van der Waals surface area contributed by atoms with Crippen LogP contribution in [0, 0.1) is 17.7 Å². The van der Waals surface area contributed by atoms with E-state index in [1.807, 2.05) is 0 Å². The zero-order chi connectivity index (χ0) is 13.6. The molecule has 2 fully saturated rings. The predicted octanol–water partition coefficient (Wildman–Crippen LogP) is 1.32. The van der Waals surface area contributed by atoms with Crippen LogP contribution in [0.25, 0.3) is 0 Å². The maximum atomic E-state index is 13.8. The molecule has 0 bridgehead atoms. The van der Waals surface area contributed by atoms with Gasteiger partial charge in [-0.05, 0) is 43.1 Å². The number of fused-ring (bicyclic) bond motifs is 1. The predicted molar refractivity (Wildman–Crippen MR) is 70.0 cm³/mol. The van der Waals surface area contributed by atoms with Crippen molar-refractivity contribution in [3.8, 4) is 0 Å². The van der Waals surface area contributed by atoms with Gasteiger partial charge in [0.25, 0.3) is 0 Å². The van der Waals surface area contributed by atoms with Crippen LogP contribution in [0.1, 0.15) is 0 Å². The number of hydrogen-bond acceptors (Lipinski definition) is 3. The molecule has 0 aromatic heterocycles. The van der Waals surface area contributed by atoms with E-state index in [1.54, 1.807) is 0 Å². The molecule has 19 heavy (non-hydrogen) atoms. The van der Waals surface area contributed by atoms with E-state index < -0.39 is 15.8 Å². The zero-order valence-corrected chi connectivity index (χ0v) is 11.7. The Labute approximate surface area is 116 Å². The lowest BCUT2D eigenvalue weighted by atomic mass is 10.0. The Morgan fingerprint density at radius 2 is 1.89 bits per heavy atom. The number of rotatable bonds is 2. The molecule has 104 valence electrons. The van der Waals surface area contributed by atoms with Crippen LogP contribution in [0.4, 0.5) is 4.39 Å². The van der Waals surface area contributed by atoms with Crippen molar-refractivity contribution >= 4 is 21.6 Å². The summed E-state index contributed by atoms with van der Waals surface area (Å²) in [5.41, 5.74) is 0. The van der Waals surface area contributed by atoms with Crippen molar-refractivity contribution < 1.29 is 12.8 Å². The van der Waals surface area contributed by atoms with Gasteiger partial charge in [0.15, 0.2) is 0 Å². The van der Waals surface area contributed by atoms with Crippen molar-refractivity contribution in [2.24, 2.45) is 11.8 Å². The summed E-state index contributed by atoms with van der Waals surface area (Å²) < 4.78 is 40.0. The SMILES string of the molecule is O=S(=O)(c1ccc(Cl)cc1F)N1CC2CNCC2C1. The summed E-state index contributed by atoms with van der Waals surface area (Å²) in [4.78, 5) is -0.287. The first kappa shape index (κ1) is 13.3. The normalized spacial score (nSPS) is 27.7. The van der Waals surface area contributed by atoms with Crippen molar-refractivity contribution in [2.75, 3.05) is 26.2 Å². The van der Waals surface area contributed by atoms with Gasteiger partial charge in [0.2, 0.25) is 10.0 Å². The molecular formula is C12H14ClFN2O2S. The number of sulfonamides is 1. The van der Waals surface area contributed by atoms with E-state index >= 15 is 0 Å². The molecule has 0 amide bonds. The van der Waals surface area contributed by atoms with Crippen molar-refractivity contribution in [3.05, 3.63) is 29.0 Å². The fourth-order valence-electron chi connectivity index (χ4n) is 2.83. The van der Waals surface area contributed by atoms with Crippen LogP contribution in [0.3, 0.4) is 0 Å². The van der Waals surface area contributed by atoms with Gasteiger partial charge in [0.1, 0.15) is 10.7 Å². The zero-order valence-electron chi connectivity index (χ0n) is 10.1. The minimum Gasteiger partial charge on any atom is -0.316 e. The average Bonchev–Trinajstić information content (AvgIpc) is 2.87.